The lowest BCUT2D eigenvalue weighted by atomic mass is 10.1. The Bertz CT molecular complexity index is 619. The summed E-state index contributed by atoms with van der Waals surface area (Å²) in [6, 6.07) is 3.61. The molecule has 1 aliphatic carbocycles. The fraction of sp³-hybridized carbons (Fsp3) is 0.625. The van der Waals surface area contributed by atoms with E-state index in [0.717, 1.165) is 24.0 Å². The Labute approximate surface area is 127 Å². The molecular weight excluding hydrogens is 286 g/mol. The van der Waals surface area contributed by atoms with E-state index in [0.29, 0.717) is 22.9 Å². The van der Waals surface area contributed by atoms with Gasteiger partial charge >= 0.3 is 0 Å². The van der Waals surface area contributed by atoms with E-state index in [-0.39, 0.29) is 12.6 Å². The van der Waals surface area contributed by atoms with Crippen LogP contribution in [0.4, 0.5) is 0 Å². The number of aryl methyl sites for hydroxylation is 1. The zero-order valence-electron chi connectivity index (χ0n) is 13.3. The van der Waals surface area contributed by atoms with Crippen LogP contribution in [0.25, 0.3) is 0 Å². The van der Waals surface area contributed by atoms with Gasteiger partial charge in [0.1, 0.15) is 0 Å². The molecular formula is C16H25NO3S. The van der Waals surface area contributed by atoms with Gasteiger partial charge in [0.15, 0.2) is 0 Å². The van der Waals surface area contributed by atoms with Gasteiger partial charge in [-0.3, -0.25) is 0 Å². The molecule has 0 aliphatic heterocycles. The van der Waals surface area contributed by atoms with Crippen LogP contribution in [-0.4, -0.2) is 30.4 Å². The molecule has 1 N–H and O–H groups in total. The topological polar surface area (TPSA) is 57.6 Å². The minimum absolute atomic E-state index is 0.142. The maximum Gasteiger partial charge on any atom is 0.243 e. The molecule has 118 valence electrons. The number of hydrogen-bond donors (Lipinski definition) is 1. The molecule has 1 saturated carbocycles. The normalized spacial score (nSPS) is 16.0. The van der Waals surface area contributed by atoms with E-state index in [2.05, 4.69) is 0 Å². The first kappa shape index (κ1) is 16.5. The third-order valence-electron chi connectivity index (χ3n) is 3.95. The Morgan fingerprint density at radius 2 is 1.90 bits per heavy atom. The second-order valence-corrected chi connectivity index (χ2v) is 8.25. The highest BCUT2D eigenvalue weighted by atomic mass is 32.2. The van der Waals surface area contributed by atoms with Crippen molar-refractivity contribution in [2.75, 3.05) is 6.54 Å². The Morgan fingerprint density at radius 3 is 2.38 bits per heavy atom. The van der Waals surface area contributed by atoms with E-state index >= 15 is 0 Å². The number of aliphatic hydroxyl groups excluding tert-OH is 1. The fourth-order valence-electron chi connectivity index (χ4n) is 2.55. The quantitative estimate of drug-likeness (QED) is 0.878. The number of benzene rings is 1. The molecule has 5 heteroatoms. The van der Waals surface area contributed by atoms with Gasteiger partial charge in [0.25, 0.3) is 0 Å². The Hall–Kier alpha value is -0.910. The molecule has 1 fully saturated rings. The summed E-state index contributed by atoms with van der Waals surface area (Å²) in [6.07, 6.45) is 1.90. The molecule has 0 spiro atoms. The summed E-state index contributed by atoms with van der Waals surface area (Å²) in [4.78, 5) is 0.346. The zero-order chi connectivity index (χ0) is 15.8. The van der Waals surface area contributed by atoms with E-state index in [9.17, 15) is 13.5 Å². The Kier molecular flexibility index (Phi) is 4.76. The smallest absolute Gasteiger partial charge is 0.243 e. The summed E-state index contributed by atoms with van der Waals surface area (Å²) < 4.78 is 27.7. The van der Waals surface area contributed by atoms with Crippen molar-refractivity contribution in [2.24, 2.45) is 5.92 Å². The lowest BCUT2D eigenvalue weighted by Crippen LogP contribution is -2.36. The van der Waals surface area contributed by atoms with Crippen molar-refractivity contribution in [1.82, 2.24) is 4.31 Å². The van der Waals surface area contributed by atoms with Crippen molar-refractivity contribution in [3.05, 3.63) is 28.8 Å². The van der Waals surface area contributed by atoms with Gasteiger partial charge in [0.2, 0.25) is 10.0 Å². The Balaban J connectivity index is 2.49. The van der Waals surface area contributed by atoms with Gasteiger partial charge in [-0.15, -0.1) is 0 Å². The third kappa shape index (κ3) is 3.47. The molecule has 1 aromatic rings. The van der Waals surface area contributed by atoms with Gasteiger partial charge in [-0.05, 0) is 55.4 Å². The van der Waals surface area contributed by atoms with Crippen LogP contribution >= 0.6 is 0 Å². The van der Waals surface area contributed by atoms with Crippen LogP contribution < -0.4 is 0 Å². The molecule has 1 aliphatic rings. The molecule has 0 atom stereocenters. The van der Waals surface area contributed by atoms with Crippen LogP contribution in [0, 0.1) is 19.8 Å². The second-order valence-electron chi connectivity index (χ2n) is 6.39. The number of hydrogen-bond acceptors (Lipinski definition) is 3. The predicted molar refractivity (Wildman–Crippen MR) is 83.6 cm³/mol. The number of nitrogens with zero attached hydrogens (tertiary/aromatic N) is 1. The molecule has 1 aromatic carbocycles. The van der Waals surface area contributed by atoms with Crippen LogP contribution in [0.2, 0.25) is 0 Å². The molecule has 4 nitrogen and oxygen atoms in total. The van der Waals surface area contributed by atoms with Gasteiger partial charge in [-0.25, -0.2) is 8.42 Å². The first-order valence-electron chi connectivity index (χ1n) is 7.50. The fourth-order valence-corrected chi connectivity index (χ4v) is 4.75. The number of rotatable bonds is 6. The molecule has 0 saturated heterocycles. The zero-order valence-corrected chi connectivity index (χ0v) is 14.1. The molecule has 0 amide bonds. The molecule has 0 bridgehead atoms. The highest BCUT2D eigenvalue weighted by Crippen LogP contribution is 2.34. The molecule has 0 radical (unpaired) electrons. The number of sulfonamides is 1. The van der Waals surface area contributed by atoms with E-state index in [4.69, 9.17) is 0 Å². The summed E-state index contributed by atoms with van der Waals surface area (Å²) in [5, 5.41) is 9.34. The summed E-state index contributed by atoms with van der Waals surface area (Å²) in [5.74, 6) is 0.294. The molecule has 0 heterocycles. The Morgan fingerprint density at radius 1 is 1.29 bits per heavy atom. The van der Waals surface area contributed by atoms with Crippen molar-refractivity contribution in [2.45, 2.75) is 58.1 Å². The first-order valence-corrected chi connectivity index (χ1v) is 8.94. The van der Waals surface area contributed by atoms with Gasteiger partial charge in [0, 0.05) is 12.6 Å². The minimum atomic E-state index is -3.50. The van der Waals surface area contributed by atoms with E-state index in [1.165, 1.54) is 0 Å². The van der Waals surface area contributed by atoms with Gasteiger partial charge in [-0.1, -0.05) is 19.9 Å². The van der Waals surface area contributed by atoms with Gasteiger partial charge in [-0.2, -0.15) is 4.31 Å². The van der Waals surface area contributed by atoms with Crippen molar-refractivity contribution in [3.8, 4) is 0 Å². The van der Waals surface area contributed by atoms with Gasteiger partial charge < -0.3 is 5.11 Å². The molecule has 0 aromatic heterocycles. The standard InChI is InChI=1S/C16H25NO3S/c1-11(2)9-17(15-5-6-15)21(19,20)16-8-14(10-18)7-12(3)13(16)4/h7-8,11,15,18H,5-6,9-10H2,1-4H3. The van der Waals surface area contributed by atoms with Gasteiger partial charge in [0.05, 0.1) is 11.5 Å². The van der Waals surface area contributed by atoms with E-state index in [1.54, 1.807) is 10.4 Å². The second kappa shape index (κ2) is 6.07. The number of aliphatic hydroxyl groups is 1. The monoisotopic (exact) mass is 311 g/mol. The minimum Gasteiger partial charge on any atom is -0.392 e. The summed E-state index contributed by atoms with van der Waals surface area (Å²) >= 11 is 0. The van der Waals surface area contributed by atoms with Crippen LogP contribution in [-0.2, 0) is 16.6 Å². The van der Waals surface area contributed by atoms with Crippen LogP contribution in [0.15, 0.2) is 17.0 Å². The summed E-state index contributed by atoms with van der Waals surface area (Å²) in [7, 11) is -3.50. The van der Waals surface area contributed by atoms with E-state index < -0.39 is 10.0 Å². The lowest BCUT2D eigenvalue weighted by Gasteiger charge is -2.25. The van der Waals surface area contributed by atoms with Crippen molar-refractivity contribution in [1.29, 1.82) is 0 Å². The maximum atomic E-state index is 13.0. The maximum absolute atomic E-state index is 13.0. The summed E-state index contributed by atoms with van der Waals surface area (Å²) in [6.45, 7) is 8.20. The average molecular weight is 311 g/mol. The average Bonchev–Trinajstić information content (AvgIpc) is 3.22. The molecule has 0 unspecified atom stereocenters. The van der Waals surface area contributed by atoms with Crippen LogP contribution in [0.5, 0.6) is 0 Å². The van der Waals surface area contributed by atoms with Crippen molar-refractivity contribution < 1.29 is 13.5 Å². The van der Waals surface area contributed by atoms with Crippen molar-refractivity contribution >= 4 is 10.0 Å². The third-order valence-corrected chi connectivity index (χ3v) is 5.99. The molecule has 21 heavy (non-hydrogen) atoms. The highest BCUT2D eigenvalue weighted by molar-refractivity contribution is 7.89. The molecule has 2 rings (SSSR count). The first-order chi connectivity index (χ1) is 9.77. The largest absolute Gasteiger partial charge is 0.392 e. The van der Waals surface area contributed by atoms with Crippen LogP contribution in [0.3, 0.4) is 0 Å². The predicted octanol–water partition coefficient (Wildman–Crippen LogP) is 2.60. The van der Waals surface area contributed by atoms with Crippen molar-refractivity contribution in [3.63, 3.8) is 0 Å². The van der Waals surface area contributed by atoms with E-state index in [1.807, 2.05) is 33.8 Å². The summed E-state index contributed by atoms with van der Waals surface area (Å²) in [5.41, 5.74) is 2.33. The van der Waals surface area contributed by atoms with Crippen LogP contribution in [0.1, 0.15) is 43.4 Å². The highest BCUT2D eigenvalue weighted by Gasteiger charge is 2.39. The lowest BCUT2D eigenvalue weighted by molar-refractivity contribution is 0.281. The SMILES string of the molecule is Cc1cc(CO)cc(S(=O)(=O)N(CC(C)C)C2CC2)c1C.